The lowest BCUT2D eigenvalue weighted by molar-refractivity contribution is -0.120. The molecule has 0 bridgehead atoms. The van der Waals surface area contributed by atoms with Gasteiger partial charge in [-0.05, 0) is 36.6 Å². The zero-order valence-electron chi connectivity index (χ0n) is 9.29. The van der Waals surface area contributed by atoms with Crippen LogP contribution in [-0.4, -0.2) is 17.0 Å². The maximum atomic E-state index is 13.3. The van der Waals surface area contributed by atoms with E-state index in [1.54, 1.807) is 0 Å². The number of carboxylic acid groups (broad SMARTS) is 1. The second kappa shape index (κ2) is 3.84. The summed E-state index contributed by atoms with van der Waals surface area (Å²) >= 11 is 0. The number of halogens is 1. The summed E-state index contributed by atoms with van der Waals surface area (Å²) in [5.74, 6) is -1.98. The van der Waals surface area contributed by atoms with E-state index >= 15 is 0 Å². The average Bonchev–Trinajstić information content (AvgIpc) is 2.97. The molecule has 5 heteroatoms. The Labute approximate surface area is 97.4 Å². The van der Waals surface area contributed by atoms with Crippen molar-refractivity contribution in [3.63, 3.8) is 0 Å². The molecule has 1 saturated carbocycles. The Bertz CT molecular complexity index is 495. The molecule has 1 amide bonds. The van der Waals surface area contributed by atoms with Gasteiger partial charge in [0, 0.05) is 6.92 Å². The van der Waals surface area contributed by atoms with Gasteiger partial charge in [-0.3, -0.25) is 4.79 Å². The van der Waals surface area contributed by atoms with Gasteiger partial charge >= 0.3 is 5.97 Å². The van der Waals surface area contributed by atoms with Crippen molar-refractivity contribution in [3.05, 3.63) is 35.1 Å². The molecule has 2 N–H and O–H groups in total. The first-order valence-electron chi connectivity index (χ1n) is 5.26. The van der Waals surface area contributed by atoms with Gasteiger partial charge in [0.05, 0.1) is 11.1 Å². The van der Waals surface area contributed by atoms with Crippen LogP contribution in [0.5, 0.6) is 0 Å². The van der Waals surface area contributed by atoms with Crippen molar-refractivity contribution in [2.45, 2.75) is 25.3 Å². The molecule has 1 aromatic carbocycles. The first-order chi connectivity index (χ1) is 7.93. The highest BCUT2D eigenvalue weighted by molar-refractivity contribution is 5.88. The minimum Gasteiger partial charge on any atom is -0.478 e. The van der Waals surface area contributed by atoms with Crippen LogP contribution in [0, 0.1) is 5.82 Å². The fourth-order valence-electron chi connectivity index (χ4n) is 1.94. The molecular formula is C12H12FNO3. The zero-order valence-corrected chi connectivity index (χ0v) is 9.29. The summed E-state index contributed by atoms with van der Waals surface area (Å²) in [5, 5.41) is 11.6. The number of amides is 1. The van der Waals surface area contributed by atoms with E-state index in [-0.39, 0.29) is 11.5 Å². The Balaban J connectivity index is 2.39. The van der Waals surface area contributed by atoms with Crippen LogP contribution in [0.15, 0.2) is 18.2 Å². The molecule has 0 heterocycles. The minimum atomic E-state index is -1.18. The van der Waals surface area contributed by atoms with Crippen molar-refractivity contribution in [1.82, 2.24) is 5.32 Å². The molecule has 1 aromatic rings. The summed E-state index contributed by atoms with van der Waals surface area (Å²) < 4.78 is 13.3. The Hall–Kier alpha value is -1.91. The normalized spacial score (nSPS) is 16.4. The van der Waals surface area contributed by atoms with Crippen LogP contribution in [0.3, 0.4) is 0 Å². The van der Waals surface area contributed by atoms with Crippen molar-refractivity contribution in [3.8, 4) is 0 Å². The molecule has 0 atom stereocenters. The lowest BCUT2D eigenvalue weighted by Crippen LogP contribution is -2.33. The predicted molar refractivity (Wildman–Crippen MR) is 58.1 cm³/mol. The molecule has 17 heavy (non-hydrogen) atoms. The standard InChI is InChI=1S/C12H12FNO3/c1-7(15)14-12(2-3-12)9-4-8(11(16)17)5-10(13)6-9/h4-6H,2-3H2,1H3,(H,14,15)(H,16,17). The minimum absolute atomic E-state index is 0.100. The van der Waals surface area contributed by atoms with Crippen LogP contribution in [0.1, 0.15) is 35.7 Å². The highest BCUT2D eigenvalue weighted by Crippen LogP contribution is 2.45. The highest BCUT2D eigenvalue weighted by atomic mass is 19.1. The van der Waals surface area contributed by atoms with E-state index in [0.29, 0.717) is 18.4 Å². The van der Waals surface area contributed by atoms with Crippen LogP contribution >= 0.6 is 0 Å². The number of carboxylic acids is 1. The van der Waals surface area contributed by atoms with E-state index in [4.69, 9.17) is 5.11 Å². The van der Waals surface area contributed by atoms with Gasteiger partial charge in [0.25, 0.3) is 0 Å². The van der Waals surface area contributed by atoms with Crippen LogP contribution in [0.4, 0.5) is 4.39 Å². The van der Waals surface area contributed by atoms with E-state index in [1.165, 1.54) is 19.1 Å². The van der Waals surface area contributed by atoms with Crippen molar-refractivity contribution in [2.75, 3.05) is 0 Å². The summed E-state index contributed by atoms with van der Waals surface area (Å²) in [6.45, 7) is 1.39. The molecule has 1 fully saturated rings. The van der Waals surface area contributed by atoms with Gasteiger partial charge < -0.3 is 10.4 Å². The van der Waals surface area contributed by atoms with Crippen molar-refractivity contribution in [2.24, 2.45) is 0 Å². The topological polar surface area (TPSA) is 66.4 Å². The van der Waals surface area contributed by atoms with Gasteiger partial charge in [-0.15, -0.1) is 0 Å². The molecule has 2 rings (SSSR count). The Morgan fingerprint density at radius 3 is 2.47 bits per heavy atom. The molecule has 0 aromatic heterocycles. The molecule has 90 valence electrons. The molecule has 0 aliphatic heterocycles. The van der Waals surface area contributed by atoms with Gasteiger partial charge in [-0.2, -0.15) is 0 Å². The average molecular weight is 237 g/mol. The third-order valence-electron chi connectivity index (χ3n) is 2.86. The van der Waals surface area contributed by atoms with E-state index in [0.717, 1.165) is 6.07 Å². The first kappa shape index (κ1) is 11.6. The second-order valence-electron chi connectivity index (χ2n) is 4.30. The predicted octanol–water partition coefficient (Wildman–Crippen LogP) is 1.65. The third-order valence-corrected chi connectivity index (χ3v) is 2.86. The molecule has 1 aliphatic carbocycles. The largest absolute Gasteiger partial charge is 0.478 e. The molecule has 0 saturated heterocycles. The highest BCUT2D eigenvalue weighted by Gasteiger charge is 2.45. The van der Waals surface area contributed by atoms with Crippen molar-refractivity contribution < 1.29 is 19.1 Å². The SMILES string of the molecule is CC(=O)NC1(c2cc(F)cc(C(=O)O)c2)CC1. The molecule has 4 nitrogen and oxygen atoms in total. The van der Waals surface area contributed by atoms with Crippen LogP contribution < -0.4 is 5.32 Å². The van der Waals surface area contributed by atoms with Gasteiger partial charge in [0.15, 0.2) is 0 Å². The lowest BCUT2D eigenvalue weighted by Gasteiger charge is -2.17. The summed E-state index contributed by atoms with van der Waals surface area (Å²) in [6.07, 6.45) is 1.41. The molecule has 0 spiro atoms. The van der Waals surface area contributed by atoms with Crippen molar-refractivity contribution in [1.29, 1.82) is 0 Å². The first-order valence-corrected chi connectivity index (χ1v) is 5.26. The number of rotatable bonds is 3. The molecular weight excluding hydrogens is 225 g/mol. The molecule has 1 aliphatic rings. The van der Waals surface area contributed by atoms with Gasteiger partial charge in [0.2, 0.25) is 5.91 Å². The number of hydrogen-bond donors (Lipinski definition) is 2. The van der Waals surface area contributed by atoms with Crippen LogP contribution in [0.2, 0.25) is 0 Å². The van der Waals surface area contributed by atoms with E-state index in [2.05, 4.69) is 5.32 Å². The number of hydrogen-bond acceptors (Lipinski definition) is 2. The number of aromatic carboxylic acids is 1. The lowest BCUT2D eigenvalue weighted by atomic mass is 10.0. The fourth-order valence-corrected chi connectivity index (χ4v) is 1.94. The van der Waals surface area contributed by atoms with E-state index in [1.807, 2.05) is 0 Å². The summed E-state index contributed by atoms with van der Waals surface area (Å²) in [5.41, 5.74) is -0.153. The number of carbonyl (C=O) groups is 2. The fraction of sp³-hybridized carbons (Fsp3) is 0.333. The zero-order chi connectivity index (χ0) is 12.6. The maximum Gasteiger partial charge on any atom is 0.335 e. The second-order valence-corrected chi connectivity index (χ2v) is 4.30. The number of nitrogens with one attached hydrogen (secondary N) is 1. The maximum absolute atomic E-state index is 13.3. The third kappa shape index (κ3) is 2.27. The van der Waals surface area contributed by atoms with Crippen LogP contribution in [0.25, 0.3) is 0 Å². The number of benzene rings is 1. The van der Waals surface area contributed by atoms with E-state index < -0.39 is 17.3 Å². The quantitative estimate of drug-likeness (QED) is 0.840. The monoisotopic (exact) mass is 237 g/mol. The van der Waals surface area contributed by atoms with Gasteiger partial charge in [-0.25, -0.2) is 9.18 Å². The van der Waals surface area contributed by atoms with Gasteiger partial charge in [-0.1, -0.05) is 0 Å². The Morgan fingerprint density at radius 1 is 1.35 bits per heavy atom. The molecule has 0 unspecified atom stereocenters. The van der Waals surface area contributed by atoms with E-state index in [9.17, 15) is 14.0 Å². The Morgan fingerprint density at radius 2 is 2.00 bits per heavy atom. The smallest absolute Gasteiger partial charge is 0.335 e. The summed E-state index contributed by atoms with van der Waals surface area (Å²) in [7, 11) is 0. The van der Waals surface area contributed by atoms with Crippen LogP contribution in [-0.2, 0) is 10.3 Å². The molecule has 0 radical (unpaired) electrons. The number of carbonyl (C=O) groups excluding carboxylic acids is 1. The summed E-state index contributed by atoms with van der Waals surface area (Å²) in [4.78, 5) is 21.9. The summed E-state index contributed by atoms with van der Waals surface area (Å²) in [6, 6.07) is 3.65. The van der Waals surface area contributed by atoms with Crippen molar-refractivity contribution >= 4 is 11.9 Å². The van der Waals surface area contributed by atoms with Gasteiger partial charge in [0.1, 0.15) is 5.82 Å². The Kier molecular flexibility index (Phi) is 2.61.